The molecule has 2 atom stereocenters. The van der Waals surface area contributed by atoms with E-state index in [1.807, 2.05) is 6.07 Å². The van der Waals surface area contributed by atoms with Crippen LogP contribution in [0.1, 0.15) is 30.0 Å². The zero-order valence-electron chi connectivity index (χ0n) is 12.0. The highest BCUT2D eigenvalue weighted by Crippen LogP contribution is 2.29. The standard InChI is InChI=1S/C15H23N3O2/c1-19-12-4-6-18(8-12)9-14-13(2-3-15(16)17-14)11-5-7-20-10-11/h2-3,11-12H,4-10H2,1H3,(H2,16,17)/t11?,12-/m1/s1. The van der Waals surface area contributed by atoms with Crippen LogP contribution in [0.25, 0.3) is 0 Å². The Morgan fingerprint density at radius 1 is 1.45 bits per heavy atom. The van der Waals surface area contributed by atoms with Crippen LogP contribution in [-0.4, -0.2) is 49.4 Å². The first kappa shape index (κ1) is 13.8. The lowest BCUT2D eigenvalue weighted by atomic mass is 9.96. The molecule has 3 rings (SSSR count). The molecule has 0 spiro atoms. The van der Waals surface area contributed by atoms with Crippen LogP contribution in [0.5, 0.6) is 0 Å². The molecule has 0 radical (unpaired) electrons. The Morgan fingerprint density at radius 2 is 2.35 bits per heavy atom. The topological polar surface area (TPSA) is 60.6 Å². The molecule has 110 valence electrons. The largest absolute Gasteiger partial charge is 0.384 e. The monoisotopic (exact) mass is 277 g/mol. The summed E-state index contributed by atoms with van der Waals surface area (Å²) in [5.41, 5.74) is 8.28. The summed E-state index contributed by atoms with van der Waals surface area (Å²) in [6.45, 7) is 4.56. The Balaban J connectivity index is 1.75. The molecule has 0 saturated carbocycles. The van der Waals surface area contributed by atoms with Crippen molar-refractivity contribution >= 4 is 5.82 Å². The predicted octanol–water partition coefficient (Wildman–Crippen LogP) is 1.39. The van der Waals surface area contributed by atoms with Crippen molar-refractivity contribution in [3.05, 3.63) is 23.4 Å². The number of nitrogen functional groups attached to an aromatic ring is 1. The molecule has 1 aromatic rings. The van der Waals surface area contributed by atoms with Crippen LogP contribution in [0.2, 0.25) is 0 Å². The average molecular weight is 277 g/mol. The minimum Gasteiger partial charge on any atom is -0.384 e. The summed E-state index contributed by atoms with van der Waals surface area (Å²) in [4.78, 5) is 6.97. The maximum absolute atomic E-state index is 5.87. The zero-order valence-corrected chi connectivity index (χ0v) is 12.0. The third-order valence-corrected chi connectivity index (χ3v) is 4.34. The molecule has 2 fully saturated rings. The van der Waals surface area contributed by atoms with Crippen molar-refractivity contribution in [1.29, 1.82) is 0 Å². The molecule has 2 aliphatic heterocycles. The van der Waals surface area contributed by atoms with Crippen molar-refractivity contribution < 1.29 is 9.47 Å². The van der Waals surface area contributed by atoms with Crippen LogP contribution in [-0.2, 0) is 16.0 Å². The molecule has 2 N–H and O–H groups in total. The van der Waals surface area contributed by atoms with Crippen LogP contribution in [0.4, 0.5) is 5.82 Å². The molecule has 2 aliphatic rings. The minimum absolute atomic E-state index is 0.356. The second kappa shape index (κ2) is 6.08. The van der Waals surface area contributed by atoms with Crippen molar-refractivity contribution in [2.45, 2.75) is 31.4 Å². The fourth-order valence-corrected chi connectivity index (χ4v) is 3.15. The van der Waals surface area contributed by atoms with Crippen molar-refractivity contribution in [3.8, 4) is 0 Å². The Kier molecular flexibility index (Phi) is 4.19. The molecule has 20 heavy (non-hydrogen) atoms. The summed E-state index contributed by atoms with van der Waals surface area (Å²) in [5, 5.41) is 0. The number of aromatic nitrogens is 1. The summed E-state index contributed by atoms with van der Waals surface area (Å²) in [6.07, 6.45) is 2.54. The Bertz CT molecular complexity index is 460. The second-order valence-corrected chi connectivity index (χ2v) is 5.71. The highest BCUT2D eigenvalue weighted by atomic mass is 16.5. The second-order valence-electron chi connectivity index (χ2n) is 5.71. The van der Waals surface area contributed by atoms with Crippen LogP contribution in [0, 0.1) is 0 Å². The fraction of sp³-hybridized carbons (Fsp3) is 0.667. The summed E-state index contributed by atoms with van der Waals surface area (Å²) in [6, 6.07) is 4.03. The van der Waals surface area contributed by atoms with Crippen molar-refractivity contribution in [3.63, 3.8) is 0 Å². The summed E-state index contributed by atoms with van der Waals surface area (Å²) in [5.74, 6) is 1.07. The molecule has 0 aliphatic carbocycles. The molecule has 0 bridgehead atoms. The predicted molar refractivity (Wildman–Crippen MR) is 77.5 cm³/mol. The van der Waals surface area contributed by atoms with Crippen LogP contribution in [0.15, 0.2) is 12.1 Å². The van der Waals surface area contributed by atoms with E-state index in [1.165, 1.54) is 5.56 Å². The van der Waals surface area contributed by atoms with Gasteiger partial charge in [-0.15, -0.1) is 0 Å². The van der Waals surface area contributed by atoms with Gasteiger partial charge in [0.1, 0.15) is 5.82 Å². The molecular formula is C15H23N3O2. The maximum atomic E-state index is 5.87. The van der Waals surface area contributed by atoms with E-state index in [1.54, 1.807) is 7.11 Å². The number of rotatable bonds is 4. The van der Waals surface area contributed by atoms with E-state index < -0.39 is 0 Å². The van der Waals surface area contributed by atoms with Gasteiger partial charge in [0, 0.05) is 39.3 Å². The van der Waals surface area contributed by atoms with E-state index in [0.717, 1.165) is 51.4 Å². The highest BCUT2D eigenvalue weighted by Gasteiger charge is 2.26. The van der Waals surface area contributed by atoms with Crippen LogP contribution in [0.3, 0.4) is 0 Å². The van der Waals surface area contributed by atoms with E-state index >= 15 is 0 Å². The van der Waals surface area contributed by atoms with Crippen LogP contribution < -0.4 is 5.73 Å². The van der Waals surface area contributed by atoms with E-state index in [4.69, 9.17) is 15.2 Å². The summed E-state index contributed by atoms with van der Waals surface area (Å²) >= 11 is 0. The number of nitrogens with two attached hydrogens (primary N) is 1. The average Bonchev–Trinajstić information content (AvgIpc) is 3.10. The number of nitrogens with zero attached hydrogens (tertiary/aromatic N) is 2. The summed E-state index contributed by atoms with van der Waals surface area (Å²) in [7, 11) is 1.79. The Labute approximate surface area is 120 Å². The van der Waals surface area contributed by atoms with Gasteiger partial charge in [-0.05, 0) is 24.5 Å². The highest BCUT2D eigenvalue weighted by molar-refractivity contribution is 5.36. The number of hydrogen-bond acceptors (Lipinski definition) is 5. The maximum Gasteiger partial charge on any atom is 0.123 e. The van der Waals surface area contributed by atoms with Gasteiger partial charge in [-0.1, -0.05) is 6.07 Å². The van der Waals surface area contributed by atoms with Gasteiger partial charge < -0.3 is 15.2 Å². The molecule has 1 unspecified atom stereocenters. The quantitative estimate of drug-likeness (QED) is 0.901. The van der Waals surface area contributed by atoms with Crippen LogP contribution >= 0.6 is 0 Å². The molecule has 3 heterocycles. The third-order valence-electron chi connectivity index (χ3n) is 4.34. The first-order chi connectivity index (χ1) is 9.76. The third kappa shape index (κ3) is 2.95. The van der Waals surface area contributed by atoms with Gasteiger partial charge in [-0.3, -0.25) is 4.90 Å². The van der Waals surface area contributed by atoms with Gasteiger partial charge in [-0.2, -0.15) is 0 Å². The smallest absolute Gasteiger partial charge is 0.123 e. The van der Waals surface area contributed by atoms with E-state index in [-0.39, 0.29) is 0 Å². The van der Waals surface area contributed by atoms with E-state index in [9.17, 15) is 0 Å². The normalized spacial score (nSPS) is 27.2. The van der Waals surface area contributed by atoms with Gasteiger partial charge in [0.25, 0.3) is 0 Å². The number of methoxy groups -OCH3 is 1. The van der Waals surface area contributed by atoms with Gasteiger partial charge in [-0.25, -0.2) is 4.98 Å². The zero-order chi connectivity index (χ0) is 13.9. The number of pyridine rings is 1. The molecule has 2 saturated heterocycles. The van der Waals surface area contributed by atoms with Crippen molar-refractivity contribution in [2.75, 3.05) is 39.1 Å². The molecule has 0 amide bonds. The first-order valence-electron chi connectivity index (χ1n) is 7.34. The fourth-order valence-electron chi connectivity index (χ4n) is 3.15. The van der Waals surface area contributed by atoms with Crippen molar-refractivity contribution in [1.82, 2.24) is 9.88 Å². The number of hydrogen-bond donors (Lipinski definition) is 1. The lowest BCUT2D eigenvalue weighted by Gasteiger charge is -2.19. The minimum atomic E-state index is 0.356. The van der Waals surface area contributed by atoms with E-state index in [0.29, 0.717) is 17.8 Å². The number of ether oxygens (including phenoxy) is 2. The molecular weight excluding hydrogens is 254 g/mol. The van der Waals surface area contributed by atoms with Gasteiger partial charge in [0.15, 0.2) is 0 Å². The van der Waals surface area contributed by atoms with Gasteiger partial charge in [0.2, 0.25) is 0 Å². The molecule has 5 nitrogen and oxygen atoms in total. The van der Waals surface area contributed by atoms with Gasteiger partial charge in [0.05, 0.1) is 18.4 Å². The first-order valence-corrected chi connectivity index (χ1v) is 7.34. The summed E-state index contributed by atoms with van der Waals surface area (Å²) < 4.78 is 10.9. The lowest BCUT2D eigenvalue weighted by molar-refractivity contribution is 0.107. The van der Waals surface area contributed by atoms with Gasteiger partial charge >= 0.3 is 0 Å². The lowest BCUT2D eigenvalue weighted by Crippen LogP contribution is -2.24. The van der Waals surface area contributed by atoms with E-state index in [2.05, 4.69) is 16.0 Å². The number of anilines is 1. The Morgan fingerprint density at radius 3 is 3.05 bits per heavy atom. The molecule has 1 aromatic heterocycles. The molecule has 5 heteroatoms. The Hall–Kier alpha value is -1.17. The SMILES string of the molecule is CO[C@@H]1CCN(Cc2nc(N)ccc2C2CCOC2)C1. The van der Waals surface area contributed by atoms with Crippen molar-refractivity contribution in [2.24, 2.45) is 0 Å². The number of likely N-dealkylation sites (tertiary alicyclic amines) is 1. The molecule has 0 aromatic carbocycles.